The maximum absolute atomic E-state index is 11.8. The van der Waals surface area contributed by atoms with Gasteiger partial charge in [-0.1, -0.05) is 23.8 Å². The van der Waals surface area contributed by atoms with Crippen LogP contribution in [0, 0.1) is 6.92 Å². The zero-order valence-corrected chi connectivity index (χ0v) is 15.8. The molecule has 0 aliphatic carbocycles. The lowest BCUT2D eigenvalue weighted by atomic mass is 10.2. The van der Waals surface area contributed by atoms with E-state index in [0.29, 0.717) is 19.7 Å². The smallest absolute Gasteiger partial charge is 0.315 e. The topological polar surface area (TPSA) is 66.5 Å². The highest BCUT2D eigenvalue weighted by Crippen LogP contribution is 2.11. The van der Waals surface area contributed by atoms with Crippen LogP contribution in [-0.4, -0.2) is 37.3 Å². The average molecular weight is 356 g/mol. The number of carbonyl (C=O) groups is 1. The third kappa shape index (κ3) is 6.27. The highest BCUT2D eigenvalue weighted by molar-refractivity contribution is 5.73. The molecule has 2 rings (SSSR count). The second-order valence-corrected chi connectivity index (χ2v) is 5.97. The van der Waals surface area contributed by atoms with Crippen LogP contribution in [0.5, 0.6) is 5.75 Å². The van der Waals surface area contributed by atoms with Gasteiger partial charge in [-0.25, -0.2) is 9.78 Å². The number of aromatic nitrogens is 1. The van der Waals surface area contributed by atoms with E-state index in [1.807, 2.05) is 43.3 Å². The van der Waals surface area contributed by atoms with E-state index in [0.717, 1.165) is 30.2 Å². The van der Waals surface area contributed by atoms with Crippen molar-refractivity contribution in [3.05, 3.63) is 53.7 Å². The van der Waals surface area contributed by atoms with Gasteiger partial charge in [0.1, 0.15) is 18.2 Å². The molecule has 0 atom stereocenters. The van der Waals surface area contributed by atoms with Crippen molar-refractivity contribution < 1.29 is 9.53 Å². The minimum Gasteiger partial charge on any atom is -0.492 e. The third-order valence-electron chi connectivity index (χ3n) is 4.03. The van der Waals surface area contributed by atoms with Crippen LogP contribution >= 0.6 is 0 Å². The summed E-state index contributed by atoms with van der Waals surface area (Å²) in [5.41, 5.74) is 2.15. The van der Waals surface area contributed by atoms with Gasteiger partial charge in [0.05, 0.1) is 6.54 Å². The zero-order chi connectivity index (χ0) is 18.8. The van der Waals surface area contributed by atoms with Crippen molar-refractivity contribution in [2.24, 2.45) is 0 Å². The minimum atomic E-state index is -0.217. The Kier molecular flexibility index (Phi) is 7.74. The number of nitrogens with zero attached hydrogens (tertiary/aromatic N) is 2. The standard InChI is InChI=1S/C20H28N4O2/c1-4-24(5-2)19-11-8-17(14-22-19)15-23-20(25)21-12-13-26-18-9-6-16(3)7-10-18/h6-11,14H,4-5,12-13,15H2,1-3H3,(H2,21,23,25). The number of urea groups is 1. The molecule has 6 nitrogen and oxygen atoms in total. The first-order chi connectivity index (χ1) is 12.6. The summed E-state index contributed by atoms with van der Waals surface area (Å²) in [7, 11) is 0. The summed E-state index contributed by atoms with van der Waals surface area (Å²) in [6.07, 6.45) is 1.80. The lowest BCUT2D eigenvalue weighted by Gasteiger charge is -2.19. The lowest BCUT2D eigenvalue weighted by Crippen LogP contribution is -2.37. The molecule has 0 aliphatic rings. The molecule has 1 aromatic heterocycles. The number of ether oxygens (including phenoxy) is 1. The summed E-state index contributed by atoms with van der Waals surface area (Å²) in [6, 6.07) is 11.6. The van der Waals surface area contributed by atoms with E-state index in [-0.39, 0.29) is 6.03 Å². The van der Waals surface area contributed by atoms with Gasteiger partial charge >= 0.3 is 6.03 Å². The summed E-state index contributed by atoms with van der Waals surface area (Å²) < 4.78 is 5.57. The van der Waals surface area contributed by atoms with Gasteiger partial charge in [-0.3, -0.25) is 0 Å². The van der Waals surface area contributed by atoms with Gasteiger partial charge in [-0.05, 0) is 44.5 Å². The number of hydrogen-bond donors (Lipinski definition) is 2. The zero-order valence-electron chi connectivity index (χ0n) is 15.8. The summed E-state index contributed by atoms with van der Waals surface area (Å²) in [6.45, 7) is 9.40. The Hall–Kier alpha value is -2.76. The van der Waals surface area contributed by atoms with Gasteiger partial charge in [0.25, 0.3) is 0 Å². The first-order valence-corrected chi connectivity index (χ1v) is 9.03. The van der Waals surface area contributed by atoms with Crippen LogP contribution in [0.4, 0.5) is 10.6 Å². The second kappa shape index (κ2) is 10.3. The van der Waals surface area contributed by atoms with Crippen molar-refractivity contribution >= 4 is 11.8 Å². The monoisotopic (exact) mass is 356 g/mol. The maximum atomic E-state index is 11.8. The lowest BCUT2D eigenvalue weighted by molar-refractivity contribution is 0.236. The molecular weight excluding hydrogens is 328 g/mol. The van der Waals surface area contributed by atoms with E-state index in [2.05, 4.69) is 34.4 Å². The van der Waals surface area contributed by atoms with Crippen LogP contribution < -0.4 is 20.3 Å². The molecule has 140 valence electrons. The number of benzene rings is 1. The molecule has 0 bridgehead atoms. The Bertz CT molecular complexity index is 667. The van der Waals surface area contributed by atoms with Crippen LogP contribution in [0.25, 0.3) is 0 Å². The van der Waals surface area contributed by atoms with E-state index < -0.39 is 0 Å². The van der Waals surface area contributed by atoms with E-state index in [1.54, 1.807) is 6.20 Å². The molecular formula is C20H28N4O2. The molecule has 2 amide bonds. The molecule has 0 unspecified atom stereocenters. The fourth-order valence-electron chi connectivity index (χ4n) is 2.47. The van der Waals surface area contributed by atoms with Crippen LogP contribution in [0.2, 0.25) is 0 Å². The molecule has 1 aromatic carbocycles. The first kappa shape index (κ1) is 19.6. The number of aryl methyl sites for hydroxylation is 1. The number of pyridine rings is 1. The highest BCUT2D eigenvalue weighted by atomic mass is 16.5. The fourth-order valence-corrected chi connectivity index (χ4v) is 2.47. The Morgan fingerprint density at radius 3 is 2.42 bits per heavy atom. The van der Waals surface area contributed by atoms with Gasteiger partial charge in [-0.2, -0.15) is 0 Å². The third-order valence-corrected chi connectivity index (χ3v) is 4.03. The molecule has 2 aromatic rings. The van der Waals surface area contributed by atoms with Gasteiger partial charge in [0, 0.05) is 25.8 Å². The van der Waals surface area contributed by atoms with Crippen molar-refractivity contribution in [3.63, 3.8) is 0 Å². The Labute approximate surface area is 155 Å². The highest BCUT2D eigenvalue weighted by Gasteiger charge is 2.04. The molecule has 26 heavy (non-hydrogen) atoms. The van der Waals surface area contributed by atoms with E-state index in [9.17, 15) is 4.79 Å². The maximum Gasteiger partial charge on any atom is 0.315 e. The van der Waals surface area contributed by atoms with Crippen molar-refractivity contribution in [3.8, 4) is 5.75 Å². The molecule has 6 heteroatoms. The molecule has 0 fully saturated rings. The summed E-state index contributed by atoms with van der Waals surface area (Å²) in [5, 5.41) is 5.60. The van der Waals surface area contributed by atoms with E-state index in [4.69, 9.17) is 4.74 Å². The minimum absolute atomic E-state index is 0.217. The molecule has 0 radical (unpaired) electrons. The van der Waals surface area contributed by atoms with Crippen LogP contribution in [0.3, 0.4) is 0 Å². The average Bonchev–Trinajstić information content (AvgIpc) is 2.67. The number of rotatable bonds is 9. The van der Waals surface area contributed by atoms with Crippen molar-refractivity contribution in [1.29, 1.82) is 0 Å². The van der Waals surface area contributed by atoms with Gasteiger partial charge < -0.3 is 20.3 Å². The predicted molar refractivity (Wildman–Crippen MR) is 105 cm³/mol. The van der Waals surface area contributed by atoms with Crippen molar-refractivity contribution in [2.75, 3.05) is 31.1 Å². The van der Waals surface area contributed by atoms with Gasteiger partial charge in [-0.15, -0.1) is 0 Å². The summed E-state index contributed by atoms with van der Waals surface area (Å²) in [5.74, 6) is 1.76. The molecule has 0 aliphatic heterocycles. The Balaban J connectivity index is 1.66. The SMILES string of the molecule is CCN(CC)c1ccc(CNC(=O)NCCOc2ccc(C)cc2)cn1. The number of nitrogens with one attached hydrogen (secondary N) is 2. The Morgan fingerprint density at radius 1 is 1.08 bits per heavy atom. The largest absolute Gasteiger partial charge is 0.492 e. The van der Waals surface area contributed by atoms with E-state index >= 15 is 0 Å². The quantitative estimate of drug-likeness (QED) is 0.678. The van der Waals surface area contributed by atoms with Gasteiger partial charge in [0.2, 0.25) is 0 Å². The van der Waals surface area contributed by atoms with Crippen LogP contribution in [-0.2, 0) is 6.54 Å². The van der Waals surface area contributed by atoms with Gasteiger partial charge in [0.15, 0.2) is 0 Å². The van der Waals surface area contributed by atoms with Crippen LogP contribution in [0.1, 0.15) is 25.0 Å². The molecule has 1 heterocycles. The summed E-state index contributed by atoms with van der Waals surface area (Å²) >= 11 is 0. The number of anilines is 1. The predicted octanol–water partition coefficient (Wildman–Crippen LogP) is 3.11. The number of hydrogen-bond acceptors (Lipinski definition) is 4. The molecule has 2 N–H and O–H groups in total. The second-order valence-electron chi connectivity index (χ2n) is 5.97. The summed E-state index contributed by atoms with van der Waals surface area (Å²) in [4.78, 5) is 18.5. The normalized spacial score (nSPS) is 10.3. The van der Waals surface area contributed by atoms with Crippen molar-refractivity contribution in [2.45, 2.75) is 27.3 Å². The number of amides is 2. The molecule has 0 saturated heterocycles. The molecule has 0 spiro atoms. The first-order valence-electron chi connectivity index (χ1n) is 9.03. The Morgan fingerprint density at radius 2 is 1.81 bits per heavy atom. The van der Waals surface area contributed by atoms with Crippen LogP contribution in [0.15, 0.2) is 42.6 Å². The fraction of sp³-hybridized carbons (Fsp3) is 0.400. The van der Waals surface area contributed by atoms with E-state index in [1.165, 1.54) is 5.56 Å². The van der Waals surface area contributed by atoms with Crippen molar-refractivity contribution in [1.82, 2.24) is 15.6 Å². The number of carbonyl (C=O) groups excluding carboxylic acids is 1. The molecule has 0 saturated carbocycles.